The maximum atomic E-state index is 12.0. The molecular formula is C15H20N2O2S. The van der Waals surface area contributed by atoms with Gasteiger partial charge in [-0.15, -0.1) is 0 Å². The zero-order chi connectivity index (χ0) is 14.6. The molecule has 1 aromatic heterocycles. The summed E-state index contributed by atoms with van der Waals surface area (Å²) in [6, 6.07) is 11.2. The van der Waals surface area contributed by atoms with Crippen LogP contribution in [-0.2, 0) is 10.0 Å². The molecule has 0 saturated carbocycles. The van der Waals surface area contributed by atoms with Crippen molar-refractivity contribution in [1.29, 1.82) is 0 Å². The van der Waals surface area contributed by atoms with E-state index in [0.29, 0.717) is 18.0 Å². The molecule has 20 heavy (non-hydrogen) atoms. The number of anilines is 1. The van der Waals surface area contributed by atoms with E-state index in [1.54, 1.807) is 6.07 Å². The average Bonchev–Trinajstić information content (AvgIpc) is 2.90. The predicted molar refractivity (Wildman–Crippen MR) is 82.6 cm³/mol. The van der Waals surface area contributed by atoms with Crippen molar-refractivity contribution in [2.24, 2.45) is 5.92 Å². The number of nitrogens with zero attached hydrogens (tertiary/aromatic N) is 1. The van der Waals surface area contributed by atoms with Crippen molar-refractivity contribution >= 4 is 15.7 Å². The molecule has 0 bridgehead atoms. The summed E-state index contributed by atoms with van der Waals surface area (Å²) in [5, 5.41) is 0. The van der Waals surface area contributed by atoms with E-state index in [2.05, 4.69) is 4.72 Å². The summed E-state index contributed by atoms with van der Waals surface area (Å²) in [6.45, 7) is 4.03. The maximum absolute atomic E-state index is 12.0. The number of rotatable bonds is 6. The number of benzene rings is 1. The molecule has 1 N–H and O–H groups in total. The summed E-state index contributed by atoms with van der Waals surface area (Å²) in [7, 11) is -3.27. The lowest BCUT2D eigenvalue weighted by Crippen LogP contribution is -2.18. The molecule has 0 spiro atoms. The van der Waals surface area contributed by atoms with Crippen LogP contribution in [0.25, 0.3) is 5.69 Å². The molecule has 2 rings (SSSR count). The fourth-order valence-electron chi connectivity index (χ4n) is 1.86. The van der Waals surface area contributed by atoms with Gasteiger partial charge in [0.2, 0.25) is 10.0 Å². The Balaban J connectivity index is 2.12. The highest BCUT2D eigenvalue weighted by molar-refractivity contribution is 7.92. The molecule has 5 heteroatoms. The second-order valence-electron chi connectivity index (χ2n) is 5.24. The van der Waals surface area contributed by atoms with E-state index in [1.165, 1.54) is 0 Å². The Bertz CT molecular complexity index is 646. The van der Waals surface area contributed by atoms with E-state index >= 15 is 0 Å². The highest BCUT2D eigenvalue weighted by Gasteiger charge is 2.11. The smallest absolute Gasteiger partial charge is 0.232 e. The predicted octanol–water partition coefficient (Wildman–Crippen LogP) is 3.27. The molecular weight excluding hydrogens is 272 g/mol. The van der Waals surface area contributed by atoms with Gasteiger partial charge in [-0.25, -0.2) is 8.42 Å². The van der Waals surface area contributed by atoms with E-state index in [0.717, 1.165) is 5.69 Å². The summed E-state index contributed by atoms with van der Waals surface area (Å²) in [6.07, 6.45) is 4.51. The molecule has 1 heterocycles. The Kier molecular flexibility index (Phi) is 4.49. The van der Waals surface area contributed by atoms with Gasteiger partial charge in [-0.3, -0.25) is 4.72 Å². The van der Waals surface area contributed by atoms with Gasteiger partial charge in [0.25, 0.3) is 0 Å². The summed E-state index contributed by atoms with van der Waals surface area (Å²) in [5.74, 6) is 0.524. The van der Waals surface area contributed by atoms with Gasteiger partial charge in [0.15, 0.2) is 0 Å². The Morgan fingerprint density at radius 3 is 2.50 bits per heavy atom. The van der Waals surface area contributed by atoms with Crippen LogP contribution in [0.1, 0.15) is 20.3 Å². The van der Waals surface area contributed by atoms with Crippen LogP contribution in [0.4, 0.5) is 5.69 Å². The first-order valence-electron chi connectivity index (χ1n) is 6.70. The Morgan fingerprint density at radius 2 is 1.85 bits per heavy atom. The summed E-state index contributed by atoms with van der Waals surface area (Å²) < 4.78 is 28.5. The summed E-state index contributed by atoms with van der Waals surface area (Å²) >= 11 is 0. The van der Waals surface area contributed by atoms with Gasteiger partial charge in [-0.2, -0.15) is 0 Å². The molecule has 0 atom stereocenters. The van der Waals surface area contributed by atoms with Gasteiger partial charge in [0, 0.05) is 18.1 Å². The molecule has 0 aliphatic rings. The Morgan fingerprint density at radius 1 is 1.15 bits per heavy atom. The number of hydrogen-bond donors (Lipinski definition) is 1. The third kappa shape index (κ3) is 4.13. The minimum atomic E-state index is -3.27. The van der Waals surface area contributed by atoms with Crippen LogP contribution in [0.3, 0.4) is 0 Å². The maximum Gasteiger partial charge on any atom is 0.232 e. The lowest BCUT2D eigenvalue weighted by molar-refractivity contribution is 0.578. The zero-order valence-corrected chi connectivity index (χ0v) is 12.6. The van der Waals surface area contributed by atoms with E-state index in [4.69, 9.17) is 0 Å². The van der Waals surface area contributed by atoms with Crippen LogP contribution in [0.2, 0.25) is 0 Å². The Hall–Kier alpha value is -1.75. The number of hydrogen-bond acceptors (Lipinski definition) is 2. The second kappa shape index (κ2) is 6.13. The normalized spacial score (nSPS) is 11.8. The molecule has 0 amide bonds. The van der Waals surface area contributed by atoms with Crippen LogP contribution in [0, 0.1) is 5.92 Å². The lowest BCUT2D eigenvalue weighted by atomic mass is 10.2. The third-order valence-electron chi connectivity index (χ3n) is 2.99. The topological polar surface area (TPSA) is 51.1 Å². The van der Waals surface area contributed by atoms with Crippen LogP contribution in [0.5, 0.6) is 0 Å². The van der Waals surface area contributed by atoms with E-state index in [1.807, 2.05) is 61.1 Å². The molecule has 0 unspecified atom stereocenters. The SMILES string of the molecule is CC(C)CCS(=O)(=O)Nc1cccc(-n2cccc2)c1. The zero-order valence-electron chi connectivity index (χ0n) is 11.8. The average molecular weight is 292 g/mol. The van der Waals surface area contributed by atoms with E-state index in [-0.39, 0.29) is 5.75 Å². The van der Waals surface area contributed by atoms with Crippen LogP contribution in [-0.4, -0.2) is 18.7 Å². The highest BCUT2D eigenvalue weighted by Crippen LogP contribution is 2.16. The van der Waals surface area contributed by atoms with Crippen molar-refractivity contribution in [3.8, 4) is 5.69 Å². The van der Waals surface area contributed by atoms with Crippen LogP contribution in [0.15, 0.2) is 48.8 Å². The van der Waals surface area contributed by atoms with Gasteiger partial charge < -0.3 is 4.57 Å². The highest BCUT2D eigenvalue weighted by atomic mass is 32.2. The van der Waals surface area contributed by atoms with Gasteiger partial charge in [0.1, 0.15) is 0 Å². The molecule has 0 fully saturated rings. The van der Waals surface area contributed by atoms with Crippen molar-refractivity contribution in [3.05, 3.63) is 48.8 Å². The van der Waals surface area contributed by atoms with Crippen molar-refractivity contribution in [2.45, 2.75) is 20.3 Å². The summed E-state index contributed by atoms with van der Waals surface area (Å²) in [4.78, 5) is 0. The monoisotopic (exact) mass is 292 g/mol. The fourth-order valence-corrected chi connectivity index (χ4v) is 3.23. The summed E-state index contributed by atoms with van der Waals surface area (Å²) in [5.41, 5.74) is 1.53. The molecule has 0 saturated heterocycles. The lowest BCUT2D eigenvalue weighted by Gasteiger charge is -2.11. The van der Waals surface area contributed by atoms with Gasteiger partial charge in [0.05, 0.1) is 11.4 Å². The van der Waals surface area contributed by atoms with Crippen molar-refractivity contribution in [1.82, 2.24) is 4.57 Å². The van der Waals surface area contributed by atoms with Crippen molar-refractivity contribution in [3.63, 3.8) is 0 Å². The molecule has 0 radical (unpaired) electrons. The fraction of sp³-hybridized carbons (Fsp3) is 0.333. The van der Waals surface area contributed by atoms with Crippen LogP contribution < -0.4 is 4.72 Å². The standard InChI is InChI=1S/C15H20N2O2S/c1-13(2)8-11-20(18,19)16-14-6-5-7-15(12-14)17-9-3-4-10-17/h3-7,9-10,12-13,16H,8,11H2,1-2H3. The van der Waals surface area contributed by atoms with E-state index < -0.39 is 10.0 Å². The second-order valence-corrected chi connectivity index (χ2v) is 7.09. The quantitative estimate of drug-likeness (QED) is 0.888. The minimum absolute atomic E-state index is 0.151. The van der Waals surface area contributed by atoms with Crippen molar-refractivity contribution < 1.29 is 8.42 Å². The first-order chi connectivity index (χ1) is 9.46. The first kappa shape index (κ1) is 14.7. The number of nitrogens with one attached hydrogen (secondary N) is 1. The van der Waals surface area contributed by atoms with Gasteiger partial charge >= 0.3 is 0 Å². The largest absolute Gasteiger partial charge is 0.324 e. The molecule has 4 nitrogen and oxygen atoms in total. The number of sulfonamides is 1. The van der Waals surface area contributed by atoms with Crippen LogP contribution >= 0.6 is 0 Å². The van der Waals surface area contributed by atoms with Gasteiger partial charge in [-0.05, 0) is 42.7 Å². The Labute approximate surface area is 120 Å². The van der Waals surface area contributed by atoms with E-state index in [9.17, 15) is 8.42 Å². The van der Waals surface area contributed by atoms with Crippen molar-refractivity contribution in [2.75, 3.05) is 10.5 Å². The molecule has 0 aliphatic carbocycles. The molecule has 1 aromatic carbocycles. The van der Waals surface area contributed by atoms with Gasteiger partial charge in [-0.1, -0.05) is 19.9 Å². The third-order valence-corrected chi connectivity index (χ3v) is 4.31. The molecule has 2 aromatic rings. The minimum Gasteiger partial charge on any atom is -0.324 e. The first-order valence-corrected chi connectivity index (χ1v) is 8.35. The molecule has 0 aliphatic heterocycles. The number of aromatic nitrogens is 1. The molecule has 108 valence electrons.